The number of imidazole rings is 1. The molecule has 3 aromatic rings. The number of pyridine rings is 1. The lowest BCUT2D eigenvalue weighted by molar-refractivity contribution is -0.117. The second-order valence-electron chi connectivity index (χ2n) is 6.70. The molecular formula is C20H25N5O. The Morgan fingerprint density at radius 2 is 1.96 bits per heavy atom. The molecule has 0 unspecified atom stereocenters. The first-order chi connectivity index (χ1) is 12.5. The molecule has 6 nitrogen and oxygen atoms in total. The van der Waals surface area contributed by atoms with E-state index in [2.05, 4.69) is 33.7 Å². The SMILES string of the molecule is CC(C)N(C)CC(=O)Nc1nc2ccccc2n1CCc1ccccn1. The average molecular weight is 351 g/mol. The number of benzene rings is 1. The Morgan fingerprint density at radius 3 is 2.69 bits per heavy atom. The molecule has 136 valence electrons. The zero-order valence-corrected chi connectivity index (χ0v) is 15.5. The van der Waals surface area contributed by atoms with Crippen LogP contribution in [0, 0.1) is 0 Å². The van der Waals surface area contributed by atoms with Gasteiger partial charge in [0.25, 0.3) is 0 Å². The fourth-order valence-electron chi connectivity index (χ4n) is 2.74. The molecule has 0 bridgehead atoms. The van der Waals surface area contributed by atoms with Crippen molar-refractivity contribution in [3.8, 4) is 0 Å². The van der Waals surface area contributed by atoms with Crippen LogP contribution in [-0.4, -0.2) is 45.0 Å². The van der Waals surface area contributed by atoms with E-state index in [1.807, 2.05) is 54.4 Å². The molecule has 0 aliphatic carbocycles. The van der Waals surface area contributed by atoms with Crippen molar-refractivity contribution in [2.24, 2.45) is 0 Å². The van der Waals surface area contributed by atoms with E-state index in [4.69, 9.17) is 0 Å². The van der Waals surface area contributed by atoms with Crippen molar-refractivity contribution < 1.29 is 4.79 Å². The summed E-state index contributed by atoms with van der Waals surface area (Å²) in [6, 6.07) is 14.1. The second-order valence-corrected chi connectivity index (χ2v) is 6.70. The molecule has 3 rings (SSSR count). The first kappa shape index (κ1) is 18.1. The summed E-state index contributed by atoms with van der Waals surface area (Å²) in [5.74, 6) is 0.528. The van der Waals surface area contributed by atoms with Crippen LogP contribution < -0.4 is 5.32 Å². The topological polar surface area (TPSA) is 63.1 Å². The summed E-state index contributed by atoms with van der Waals surface area (Å²) in [4.78, 5) is 23.4. The van der Waals surface area contributed by atoms with E-state index in [0.29, 0.717) is 25.1 Å². The lowest BCUT2D eigenvalue weighted by Gasteiger charge is -2.20. The maximum Gasteiger partial charge on any atom is 0.240 e. The van der Waals surface area contributed by atoms with E-state index in [1.54, 1.807) is 6.20 Å². The molecule has 0 atom stereocenters. The number of carbonyl (C=O) groups excluding carboxylic acids is 1. The molecule has 0 aliphatic heterocycles. The summed E-state index contributed by atoms with van der Waals surface area (Å²) in [5.41, 5.74) is 2.90. The van der Waals surface area contributed by atoms with Crippen LogP contribution >= 0.6 is 0 Å². The molecular weight excluding hydrogens is 326 g/mol. The highest BCUT2D eigenvalue weighted by molar-refractivity contribution is 5.92. The summed E-state index contributed by atoms with van der Waals surface area (Å²) in [5, 5.41) is 2.97. The van der Waals surface area contributed by atoms with Gasteiger partial charge in [-0.15, -0.1) is 0 Å². The number of likely N-dealkylation sites (N-methyl/N-ethyl adjacent to an activating group) is 1. The van der Waals surface area contributed by atoms with Crippen molar-refractivity contribution in [1.29, 1.82) is 0 Å². The maximum atomic E-state index is 12.4. The monoisotopic (exact) mass is 351 g/mol. The lowest BCUT2D eigenvalue weighted by atomic mass is 10.2. The molecule has 0 radical (unpaired) electrons. The smallest absolute Gasteiger partial charge is 0.240 e. The van der Waals surface area contributed by atoms with Gasteiger partial charge in [0.2, 0.25) is 11.9 Å². The highest BCUT2D eigenvalue weighted by Gasteiger charge is 2.15. The zero-order valence-electron chi connectivity index (χ0n) is 15.5. The quantitative estimate of drug-likeness (QED) is 0.711. The van der Waals surface area contributed by atoms with Gasteiger partial charge in [0.15, 0.2) is 0 Å². The Labute approximate surface area is 153 Å². The van der Waals surface area contributed by atoms with Gasteiger partial charge in [-0.3, -0.25) is 20.0 Å². The number of aryl methyl sites for hydroxylation is 2. The van der Waals surface area contributed by atoms with Crippen LogP contribution in [0.5, 0.6) is 0 Å². The summed E-state index contributed by atoms with van der Waals surface area (Å²) in [6.45, 7) is 5.17. The van der Waals surface area contributed by atoms with Gasteiger partial charge < -0.3 is 4.57 Å². The number of para-hydroxylation sites is 2. The number of hydrogen-bond donors (Lipinski definition) is 1. The Hall–Kier alpha value is -2.73. The average Bonchev–Trinajstić information content (AvgIpc) is 2.97. The number of aromatic nitrogens is 3. The maximum absolute atomic E-state index is 12.4. The molecule has 0 aliphatic rings. The number of fused-ring (bicyclic) bond motifs is 1. The highest BCUT2D eigenvalue weighted by atomic mass is 16.2. The minimum absolute atomic E-state index is 0.0596. The van der Waals surface area contributed by atoms with E-state index < -0.39 is 0 Å². The standard InChI is InChI=1S/C20H25N5O/c1-15(2)24(3)14-19(26)23-20-22-17-9-4-5-10-18(17)25(20)13-11-16-8-6-7-12-21-16/h4-10,12,15H,11,13-14H2,1-3H3,(H,22,23,26). The van der Waals surface area contributed by atoms with Gasteiger partial charge in [-0.05, 0) is 45.2 Å². The number of nitrogens with zero attached hydrogens (tertiary/aromatic N) is 4. The van der Waals surface area contributed by atoms with E-state index >= 15 is 0 Å². The number of rotatable bonds is 7. The largest absolute Gasteiger partial charge is 0.310 e. The van der Waals surface area contributed by atoms with Crippen LogP contribution in [0.1, 0.15) is 19.5 Å². The van der Waals surface area contributed by atoms with Gasteiger partial charge in [-0.25, -0.2) is 4.98 Å². The highest BCUT2D eigenvalue weighted by Crippen LogP contribution is 2.20. The fourth-order valence-corrected chi connectivity index (χ4v) is 2.74. The molecule has 1 N–H and O–H groups in total. The van der Waals surface area contributed by atoms with Gasteiger partial charge in [-0.1, -0.05) is 18.2 Å². The van der Waals surface area contributed by atoms with E-state index in [0.717, 1.165) is 23.1 Å². The molecule has 0 fully saturated rings. The molecule has 1 amide bonds. The summed E-state index contributed by atoms with van der Waals surface area (Å²) >= 11 is 0. The zero-order chi connectivity index (χ0) is 18.5. The van der Waals surface area contributed by atoms with E-state index in [-0.39, 0.29) is 5.91 Å². The summed E-state index contributed by atoms with van der Waals surface area (Å²) < 4.78 is 2.05. The molecule has 2 aromatic heterocycles. The predicted octanol–water partition coefficient (Wildman–Crippen LogP) is 2.95. The third-order valence-electron chi connectivity index (χ3n) is 4.50. The van der Waals surface area contributed by atoms with Crippen LogP contribution in [0.4, 0.5) is 5.95 Å². The van der Waals surface area contributed by atoms with Crippen molar-refractivity contribution in [3.63, 3.8) is 0 Å². The molecule has 26 heavy (non-hydrogen) atoms. The van der Waals surface area contributed by atoms with Gasteiger partial charge in [-0.2, -0.15) is 0 Å². The molecule has 1 aromatic carbocycles. The normalized spacial score (nSPS) is 11.4. The van der Waals surface area contributed by atoms with Gasteiger partial charge in [0.1, 0.15) is 0 Å². The Balaban J connectivity index is 1.81. The third-order valence-corrected chi connectivity index (χ3v) is 4.50. The van der Waals surface area contributed by atoms with Crippen molar-refractivity contribution in [1.82, 2.24) is 19.4 Å². The van der Waals surface area contributed by atoms with E-state index in [9.17, 15) is 4.79 Å². The lowest BCUT2D eigenvalue weighted by Crippen LogP contribution is -2.35. The molecule has 2 heterocycles. The Bertz CT molecular complexity index is 872. The first-order valence-electron chi connectivity index (χ1n) is 8.90. The van der Waals surface area contributed by atoms with Crippen molar-refractivity contribution in [2.45, 2.75) is 32.9 Å². The van der Waals surface area contributed by atoms with Crippen LogP contribution in [0.25, 0.3) is 11.0 Å². The molecule has 6 heteroatoms. The van der Waals surface area contributed by atoms with Crippen molar-refractivity contribution >= 4 is 22.9 Å². The van der Waals surface area contributed by atoms with E-state index in [1.165, 1.54) is 0 Å². The number of anilines is 1. The summed E-state index contributed by atoms with van der Waals surface area (Å²) in [7, 11) is 1.94. The Kier molecular flexibility index (Phi) is 5.63. The number of amides is 1. The number of carbonyl (C=O) groups is 1. The van der Waals surface area contributed by atoms with Crippen LogP contribution in [0.2, 0.25) is 0 Å². The molecule has 0 saturated carbocycles. The fraction of sp³-hybridized carbons (Fsp3) is 0.350. The van der Waals surface area contributed by atoms with Gasteiger partial charge in [0, 0.05) is 30.9 Å². The minimum atomic E-state index is -0.0596. The number of nitrogens with one attached hydrogen (secondary N) is 1. The van der Waals surface area contributed by atoms with Crippen LogP contribution in [0.3, 0.4) is 0 Å². The van der Waals surface area contributed by atoms with Gasteiger partial charge in [0.05, 0.1) is 17.6 Å². The minimum Gasteiger partial charge on any atom is -0.310 e. The molecule has 0 saturated heterocycles. The predicted molar refractivity (Wildman–Crippen MR) is 104 cm³/mol. The summed E-state index contributed by atoms with van der Waals surface area (Å²) in [6.07, 6.45) is 2.57. The first-order valence-corrected chi connectivity index (χ1v) is 8.90. The molecule has 0 spiro atoms. The Morgan fingerprint density at radius 1 is 1.19 bits per heavy atom. The number of hydrogen-bond acceptors (Lipinski definition) is 4. The van der Waals surface area contributed by atoms with Gasteiger partial charge >= 0.3 is 0 Å². The van der Waals surface area contributed by atoms with Crippen LogP contribution in [-0.2, 0) is 17.8 Å². The van der Waals surface area contributed by atoms with Crippen molar-refractivity contribution in [3.05, 3.63) is 54.4 Å². The second kappa shape index (κ2) is 8.10. The van der Waals surface area contributed by atoms with Crippen LogP contribution in [0.15, 0.2) is 48.7 Å². The van der Waals surface area contributed by atoms with Crippen molar-refractivity contribution in [2.75, 3.05) is 18.9 Å². The third kappa shape index (κ3) is 4.26.